The van der Waals surface area contributed by atoms with Crippen LogP contribution >= 0.6 is 0 Å². The molecule has 1 aliphatic rings. The molecule has 0 radical (unpaired) electrons. The van der Waals surface area contributed by atoms with Crippen molar-refractivity contribution in [1.29, 1.82) is 0 Å². The number of aromatic amines is 1. The number of alkyl halides is 3. The molecule has 3 aromatic rings. The Bertz CT molecular complexity index is 850. The number of H-pyrrole nitrogens is 1. The number of halogens is 3. The lowest BCUT2D eigenvalue weighted by atomic mass is 10.3. The number of fused-ring (bicyclic) bond motifs is 3. The van der Waals surface area contributed by atoms with Gasteiger partial charge in [-0.2, -0.15) is 13.2 Å². The van der Waals surface area contributed by atoms with E-state index < -0.39 is 12.1 Å². The van der Waals surface area contributed by atoms with Crippen molar-refractivity contribution in [2.45, 2.75) is 25.4 Å². The second kappa shape index (κ2) is 5.52. The molecule has 7 nitrogen and oxygen atoms in total. The van der Waals surface area contributed by atoms with E-state index in [1.54, 1.807) is 6.20 Å². The number of aliphatic carboxylic acids is 1. The van der Waals surface area contributed by atoms with Crippen molar-refractivity contribution >= 4 is 22.8 Å². The van der Waals surface area contributed by atoms with E-state index in [-0.39, 0.29) is 0 Å². The highest BCUT2D eigenvalue weighted by molar-refractivity contribution is 5.74. The third-order valence-corrected chi connectivity index (χ3v) is 3.42. The first kappa shape index (κ1) is 15.3. The highest BCUT2D eigenvalue weighted by Gasteiger charge is 2.38. The predicted octanol–water partition coefficient (Wildman–Crippen LogP) is 2.19. The zero-order chi connectivity index (χ0) is 16.6. The molecule has 0 aliphatic heterocycles. The Labute approximate surface area is 127 Å². The lowest BCUT2D eigenvalue weighted by Gasteiger charge is -1.99. The molecular weight excluding hydrogens is 315 g/mol. The van der Waals surface area contributed by atoms with E-state index in [0.717, 1.165) is 35.0 Å². The highest BCUT2D eigenvalue weighted by atomic mass is 19.4. The highest BCUT2D eigenvalue weighted by Crippen LogP contribution is 2.32. The molecule has 0 amide bonds. The molecule has 0 unspecified atom stereocenters. The zero-order valence-electron chi connectivity index (χ0n) is 11.7. The molecule has 2 N–H and O–H groups in total. The van der Waals surface area contributed by atoms with Crippen LogP contribution in [0, 0.1) is 5.92 Å². The van der Waals surface area contributed by atoms with Crippen LogP contribution in [0.2, 0.25) is 0 Å². The van der Waals surface area contributed by atoms with Crippen molar-refractivity contribution in [3.8, 4) is 0 Å². The van der Waals surface area contributed by atoms with Crippen LogP contribution in [0.4, 0.5) is 13.2 Å². The number of hydrogen-bond acceptors (Lipinski definition) is 4. The number of rotatable bonds is 2. The van der Waals surface area contributed by atoms with Gasteiger partial charge in [0.15, 0.2) is 11.3 Å². The molecule has 0 saturated heterocycles. The largest absolute Gasteiger partial charge is 0.490 e. The van der Waals surface area contributed by atoms with E-state index >= 15 is 0 Å². The summed E-state index contributed by atoms with van der Waals surface area (Å²) in [6.07, 6.45) is 2.28. The summed E-state index contributed by atoms with van der Waals surface area (Å²) in [7, 11) is 0. The molecule has 0 spiro atoms. The minimum Gasteiger partial charge on any atom is -0.475 e. The van der Waals surface area contributed by atoms with Gasteiger partial charge in [0.1, 0.15) is 5.82 Å². The predicted molar refractivity (Wildman–Crippen MR) is 72.8 cm³/mol. The van der Waals surface area contributed by atoms with Crippen molar-refractivity contribution in [3.63, 3.8) is 0 Å². The summed E-state index contributed by atoms with van der Waals surface area (Å²) in [6.45, 7) is 0. The van der Waals surface area contributed by atoms with Gasteiger partial charge in [-0.1, -0.05) is 0 Å². The average molecular weight is 327 g/mol. The van der Waals surface area contributed by atoms with Gasteiger partial charge in [-0.15, -0.1) is 10.2 Å². The second-order valence-corrected chi connectivity index (χ2v) is 5.23. The number of nitrogens with zero attached hydrogens (tertiary/aromatic N) is 4. The number of carboxylic acids is 1. The Hall–Kier alpha value is -2.65. The fourth-order valence-electron chi connectivity index (χ4n) is 2.15. The number of nitrogens with one attached hydrogen (secondary N) is 1. The lowest BCUT2D eigenvalue weighted by molar-refractivity contribution is -0.192. The summed E-state index contributed by atoms with van der Waals surface area (Å²) in [5, 5.41) is 15.6. The second-order valence-electron chi connectivity index (χ2n) is 5.23. The lowest BCUT2D eigenvalue weighted by Crippen LogP contribution is -2.21. The molecule has 1 aliphatic carbocycles. The first-order valence-electron chi connectivity index (χ1n) is 6.82. The average Bonchev–Trinajstić information content (AvgIpc) is 2.99. The number of carbonyl (C=O) groups is 1. The van der Waals surface area contributed by atoms with Crippen LogP contribution in [0.1, 0.15) is 18.7 Å². The van der Waals surface area contributed by atoms with Gasteiger partial charge in [0.05, 0.1) is 11.7 Å². The van der Waals surface area contributed by atoms with Gasteiger partial charge in [-0.3, -0.25) is 4.40 Å². The third-order valence-electron chi connectivity index (χ3n) is 3.42. The van der Waals surface area contributed by atoms with Crippen LogP contribution in [0.15, 0.2) is 18.5 Å². The van der Waals surface area contributed by atoms with Crippen LogP contribution in [0.25, 0.3) is 16.8 Å². The Morgan fingerprint density at radius 3 is 2.70 bits per heavy atom. The Balaban J connectivity index is 0.000000193. The van der Waals surface area contributed by atoms with Crippen LogP contribution in [0.3, 0.4) is 0 Å². The minimum atomic E-state index is -5.08. The van der Waals surface area contributed by atoms with Gasteiger partial charge in [-0.05, 0) is 24.8 Å². The molecule has 1 saturated carbocycles. The fraction of sp³-hybridized carbons (Fsp3) is 0.385. The van der Waals surface area contributed by atoms with Crippen molar-refractivity contribution < 1.29 is 23.1 Å². The van der Waals surface area contributed by atoms with Crippen LogP contribution in [0.5, 0.6) is 0 Å². The van der Waals surface area contributed by atoms with Gasteiger partial charge < -0.3 is 10.1 Å². The van der Waals surface area contributed by atoms with Crippen molar-refractivity contribution in [3.05, 3.63) is 24.3 Å². The molecular formula is C13H12F3N5O2. The normalized spacial score (nSPS) is 14.7. The molecule has 23 heavy (non-hydrogen) atoms. The number of aromatic nitrogens is 5. The first-order valence-corrected chi connectivity index (χ1v) is 6.82. The Morgan fingerprint density at radius 2 is 2.09 bits per heavy atom. The maximum absolute atomic E-state index is 10.6. The number of hydrogen-bond donors (Lipinski definition) is 2. The summed E-state index contributed by atoms with van der Waals surface area (Å²) < 4.78 is 33.8. The maximum Gasteiger partial charge on any atom is 0.490 e. The molecule has 1 fully saturated rings. The molecule has 0 atom stereocenters. The van der Waals surface area contributed by atoms with Crippen molar-refractivity contribution in [2.75, 3.05) is 0 Å². The van der Waals surface area contributed by atoms with Crippen molar-refractivity contribution in [1.82, 2.24) is 24.6 Å². The first-order chi connectivity index (χ1) is 10.9. The summed E-state index contributed by atoms with van der Waals surface area (Å²) in [5.74, 6) is -0.883. The van der Waals surface area contributed by atoms with E-state index in [1.165, 1.54) is 12.8 Å². The van der Waals surface area contributed by atoms with E-state index in [0.29, 0.717) is 0 Å². The van der Waals surface area contributed by atoms with Gasteiger partial charge in [0.25, 0.3) is 0 Å². The SMILES string of the molecule is O=C(O)C(F)(F)F.c1cc2c(ncc3nnc(CC4CC4)n32)[nH]1. The van der Waals surface area contributed by atoms with E-state index in [4.69, 9.17) is 9.90 Å². The Kier molecular flexibility index (Phi) is 3.66. The maximum atomic E-state index is 10.6. The van der Waals surface area contributed by atoms with Gasteiger partial charge in [0, 0.05) is 12.6 Å². The third kappa shape index (κ3) is 3.25. The fourth-order valence-corrected chi connectivity index (χ4v) is 2.15. The van der Waals surface area contributed by atoms with E-state index in [9.17, 15) is 13.2 Å². The molecule has 3 heterocycles. The van der Waals surface area contributed by atoms with Crippen LogP contribution in [-0.2, 0) is 11.2 Å². The topological polar surface area (TPSA) is 96.2 Å². The van der Waals surface area contributed by atoms with Crippen LogP contribution < -0.4 is 0 Å². The van der Waals surface area contributed by atoms with E-state index in [1.807, 2.05) is 12.3 Å². The Morgan fingerprint density at radius 1 is 1.39 bits per heavy atom. The molecule has 0 aromatic carbocycles. The van der Waals surface area contributed by atoms with Gasteiger partial charge in [0.2, 0.25) is 0 Å². The summed E-state index contributed by atoms with van der Waals surface area (Å²) in [4.78, 5) is 16.3. The quantitative estimate of drug-likeness (QED) is 0.752. The molecule has 0 bridgehead atoms. The summed E-state index contributed by atoms with van der Waals surface area (Å²) in [5.41, 5.74) is 2.80. The molecule has 122 valence electrons. The standard InChI is InChI=1S/C11H11N5.C2HF3O2/c1-2-7(1)5-9-14-15-10-6-13-11-8(16(9)10)3-4-12-11;3-2(4,5)1(6)7/h3-4,6-7,12H,1-2,5H2;(H,6,7). The molecule has 3 aromatic heterocycles. The summed E-state index contributed by atoms with van der Waals surface area (Å²) in [6, 6.07) is 2.02. The minimum absolute atomic E-state index is 0.814. The number of carboxylic acid groups (broad SMARTS) is 1. The summed E-state index contributed by atoms with van der Waals surface area (Å²) >= 11 is 0. The van der Waals surface area contributed by atoms with E-state index in [2.05, 4.69) is 24.6 Å². The smallest absolute Gasteiger partial charge is 0.475 e. The van der Waals surface area contributed by atoms with Crippen LogP contribution in [-0.4, -0.2) is 41.8 Å². The zero-order valence-corrected chi connectivity index (χ0v) is 11.7. The molecule has 4 rings (SSSR count). The monoisotopic (exact) mass is 327 g/mol. The van der Waals surface area contributed by atoms with Gasteiger partial charge in [-0.25, -0.2) is 9.78 Å². The van der Waals surface area contributed by atoms with Crippen molar-refractivity contribution in [2.24, 2.45) is 5.92 Å². The molecule has 10 heteroatoms. The van der Waals surface area contributed by atoms with Gasteiger partial charge >= 0.3 is 12.1 Å².